The van der Waals surface area contributed by atoms with Gasteiger partial charge in [-0.15, -0.1) is 0 Å². The molecule has 5 heteroatoms. The number of likely N-dealkylation sites (tertiary alicyclic amines) is 1. The largest absolute Gasteiger partial charge is 0.373 e. The number of amides is 1. The average Bonchev–Trinajstić information content (AvgIpc) is 2.98. The van der Waals surface area contributed by atoms with Crippen LogP contribution in [0.3, 0.4) is 0 Å². The molecule has 19 heavy (non-hydrogen) atoms. The van der Waals surface area contributed by atoms with Crippen LogP contribution in [0.25, 0.3) is 0 Å². The molecule has 1 saturated heterocycles. The van der Waals surface area contributed by atoms with Crippen LogP contribution in [0.15, 0.2) is 18.2 Å². The van der Waals surface area contributed by atoms with Gasteiger partial charge in [0.15, 0.2) is 0 Å². The maximum Gasteiger partial charge on any atom is 0.270 e. The van der Waals surface area contributed by atoms with Crippen molar-refractivity contribution < 1.29 is 4.79 Å². The highest BCUT2D eigenvalue weighted by molar-refractivity contribution is 5.92. The molecule has 1 fully saturated rings. The van der Waals surface area contributed by atoms with Gasteiger partial charge in [-0.3, -0.25) is 9.69 Å². The molecule has 0 aliphatic carbocycles. The van der Waals surface area contributed by atoms with E-state index in [4.69, 9.17) is 0 Å². The van der Waals surface area contributed by atoms with E-state index in [1.54, 1.807) is 13.1 Å². The van der Waals surface area contributed by atoms with Gasteiger partial charge < -0.3 is 10.6 Å². The van der Waals surface area contributed by atoms with Gasteiger partial charge in [0.2, 0.25) is 0 Å². The normalized spacial score (nSPS) is 17.2. The van der Waals surface area contributed by atoms with Crippen LogP contribution >= 0.6 is 0 Å². The van der Waals surface area contributed by atoms with Gasteiger partial charge in [-0.2, -0.15) is 0 Å². The fourth-order valence-corrected chi connectivity index (χ4v) is 2.34. The van der Waals surface area contributed by atoms with E-state index >= 15 is 0 Å². The maximum atomic E-state index is 12.0. The number of rotatable bonds is 5. The van der Waals surface area contributed by atoms with Crippen molar-refractivity contribution in [3.8, 4) is 0 Å². The highest BCUT2D eigenvalue weighted by Crippen LogP contribution is 2.11. The van der Waals surface area contributed by atoms with Gasteiger partial charge in [-0.1, -0.05) is 6.07 Å². The van der Waals surface area contributed by atoms with E-state index in [2.05, 4.69) is 27.4 Å². The monoisotopic (exact) mass is 262 g/mol. The van der Waals surface area contributed by atoms with Gasteiger partial charge in [0.1, 0.15) is 11.5 Å². The number of hydrogen-bond donors (Lipinski definition) is 2. The summed E-state index contributed by atoms with van der Waals surface area (Å²) in [6, 6.07) is 5.79. The summed E-state index contributed by atoms with van der Waals surface area (Å²) in [5.74, 6) is 0.600. The van der Waals surface area contributed by atoms with Crippen molar-refractivity contribution in [2.45, 2.75) is 25.8 Å². The number of carbonyl (C=O) groups is 1. The van der Waals surface area contributed by atoms with Gasteiger partial charge in [0.05, 0.1) is 0 Å². The Hall–Kier alpha value is -1.62. The molecule has 1 aliphatic heterocycles. The molecule has 0 bridgehead atoms. The molecule has 0 aromatic carbocycles. The Kier molecular flexibility index (Phi) is 4.74. The Morgan fingerprint density at radius 1 is 1.42 bits per heavy atom. The molecule has 2 heterocycles. The summed E-state index contributed by atoms with van der Waals surface area (Å²) in [4.78, 5) is 18.7. The van der Waals surface area contributed by atoms with Gasteiger partial charge >= 0.3 is 0 Å². The maximum absolute atomic E-state index is 12.0. The van der Waals surface area contributed by atoms with Crippen LogP contribution in [0, 0.1) is 0 Å². The van der Waals surface area contributed by atoms with E-state index in [0.717, 1.165) is 13.1 Å². The third-order valence-corrected chi connectivity index (χ3v) is 3.56. The predicted octanol–water partition coefficient (Wildman–Crippen LogP) is 1.34. The molecular weight excluding hydrogens is 240 g/mol. The van der Waals surface area contributed by atoms with Crippen LogP contribution in [0.1, 0.15) is 30.3 Å². The lowest BCUT2D eigenvalue weighted by atomic mass is 10.2. The van der Waals surface area contributed by atoms with Crippen molar-refractivity contribution in [2.75, 3.05) is 32.0 Å². The molecule has 5 nitrogen and oxygen atoms in total. The van der Waals surface area contributed by atoms with Crippen LogP contribution in [0.2, 0.25) is 0 Å². The Balaban J connectivity index is 1.86. The molecule has 0 saturated carbocycles. The Morgan fingerprint density at radius 3 is 2.84 bits per heavy atom. The quantitative estimate of drug-likeness (QED) is 0.840. The topological polar surface area (TPSA) is 57.3 Å². The van der Waals surface area contributed by atoms with E-state index < -0.39 is 0 Å². The molecule has 1 aliphatic rings. The molecule has 1 aromatic rings. The Bertz CT molecular complexity index is 429. The van der Waals surface area contributed by atoms with Crippen molar-refractivity contribution in [3.63, 3.8) is 0 Å². The van der Waals surface area contributed by atoms with Gasteiger partial charge in [-0.05, 0) is 45.0 Å². The summed E-state index contributed by atoms with van der Waals surface area (Å²) in [5, 5.41) is 5.89. The summed E-state index contributed by atoms with van der Waals surface area (Å²) in [6.07, 6.45) is 2.54. The van der Waals surface area contributed by atoms with Gasteiger partial charge in [0, 0.05) is 19.6 Å². The third kappa shape index (κ3) is 3.67. The summed E-state index contributed by atoms with van der Waals surface area (Å²) >= 11 is 0. The number of anilines is 1. The van der Waals surface area contributed by atoms with Crippen molar-refractivity contribution in [1.82, 2.24) is 15.2 Å². The van der Waals surface area contributed by atoms with E-state index in [0.29, 0.717) is 24.1 Å². The minimum atomic E-state index is -0.108. The number of hydrogen-bond acceptors (Lipinski definition) is 4. The SMILES string of the molecule is CNc1cccc(C(=O)NCC(C)N2CCCC2)n1. The second-order valence-corrected chi connectivity index (χ2v) is 4.96. The predicted molar refractivity (Wildman–Crippen MR) is 76.4 cm³/mol. The highest BCUT2D eigenvalue weighted by Gasteiger charge is 2.18. The summed E-state index contributed by atoms with van der Waals surface area (Å²) in [5.41, 5.74) is 0.459. The number of nitrogens with one attached hydrogen (secondary N) is 2. The zero-order valence-electron chi connectivity index (χ0n) is 11.6. The number of carbonyl (C=O) groups excluding carboxylic acids is 1. The van der Waals surface area contributed by atoms with Crippen molar-refractivity contribution in [3.05, 3.63) is 23.9 Å². The molecule has 1 unspecified atom stereocenters. The standard InChI is InChI=1S/C14H22N4O/c1-11(18-8-3-4-9-18)10-16-14(19)12-6-5-7-13(15-2)17-12/h5-7,11H,3-4,8-10H2,1-2H3,(H,15,17)(H,16,19). The average molecular weight is 262 g/mol. The summed E-state index contributed by atoms with van der Waals surface area (Å²) < 4.78 is 0. The fraction of sp³-hybridized carbons (Fsp3) is 0.571. The van der Waals surface area contributed by atoms with Crippen molar-refractivity contribution in [1.29, 1.82) is 0 Å². The third-order valence-electron chi connectivity index (χ3n) is 3.56. The summed E-state index contributed by atoms with van der Waals surface area (Å²) in [7, 11) is 1.79. The molecule has 0 spiro atoms. The molecule has 104 valence electrons. The van der Waals surface area contributed by atoms with Crippen molar-refractivity contribution >= 4 is 11.7 Å². The van der Waals surface area contributed by atoms with Gasteiger partial charge in [-0.25, -0.2) is 4.98 Å². The molecule has 0 radical (unpaired) electrons. The van der Waals surface area contributed by atoms with E-state index in [1.807, 2.05) is 12.1 Å². The number of nitrogens with zero attached hydrogens (tertiary/aromatic N) is 2. The van der Waals surface area contributed by atoms with Crippen LogP contribution in [-0.4, -0.2) is 48.5 Å². The zero-order valence-corrected chi connectivity index (χ0v) is 11.6. The van der Waals surface area contributed by atoms with Crippen LogP contribution < -0.4 is 10.6 Å². The first-order valence-electron chi connectivity index (χ1n) is 6.88. The molecule has 1 atom stereocenters. The second kappa shape index (κ2) is 6.52. The minimum absolute atomic E-state index is 0.108. The second-order valence-electron chi connectivity index (χ2n) is 4.96. The lowest BCUT2D eigenvalue weighted by Gasteiger charge is -2.23. The molecule has 2 rings (SSSR count). The van der Waals surface area contributed by atoms with Crippen LogP contribution in [0.5, 0.6) is 0 Å². The van der Waals surface area contributed by atoms with Crippen LogP contribution in [0.4, 0.5) is 5.82 Å². The van der Waals surface area contributed by atoms with Gasteiger partial charge in [0.25, 0.3) is 5.91 Å². The van der Waals surface area contributed by atoms with E-state index in [9.17, 15) is 4.79 Å². The van der Waals surface area contributed by atoms with Crippen LogP contribution in [-0.2, 0) is 0 Å². The van der Waals surface area contributed by atoms with E-state index in [-0.39, 0.29) is 5.91 Å². The zero-order chi connectivity index (χ0) is 13.7. The fourth-order valence-electron chi connectivity index (χ4n) is 2.34. The lowest BCUT2D eigenvalue weighted by Crippen LogP contribution is -2.40. The first kappa shape index (κ1) is 13.8. The molecule has 1 aromatic heterocycles. The van der Waals surface area contributed by atoms with E-state index in [1.165, 1.54) is 12.8 Å². The molecule has 2 N–H and O–H groups in total. The number of pyridine rings is 1. The number of aromatic nitrogens is 1. The Morgan fingerprint density at radius 2 is 2.16 bits per heavy atom. The smallest absolute Gasteiger partial charge is 0.270 e. The Labute approximate surface area is 114 Å². The van der Waals surface area contributed by atoms with Crippen molar-refractivity contribution in [2.24, 2.45) is 0 Å². The first-order chi connectivity index (χ1) is 9.20. The molecule has 1 amide bonds. The molecular formula is C14H22N4O. The lowest BCUT2D eigenvalue weighted by molar-refractivity contribution is 0.0935. The minimum Gasteiger partial charge on any atom is -0.373 e. The first-order valence-corrected chi connectivity index (χ1v) is 6.88. The summed E-state index contributed by atoms with van der Waals surface area (Å²) in [6.45, 7) is 5.11. The highest BCUT2D eigenvalue weighted by atomic mass is 16.1.